The maximum Gasteiger partial charge on any atom is 0.251 e. The molecule has 20 atom stereocenters. The summed E-state index contributed by atoms with van der Waals surface area (Å²) in [6.45, 7) is -1.44. The Balaban J connectivity index is 0.965. The summed E-state index contributed by atoms with van der Waals surface area (Å²) in [7, 11) is 7.56. The van der Waals surface area contributed by atoms with Crippen LogP contribution in [0.3, 0.4) is 0 Å². The number of anilines is 1. The van der Waals surface area contributed by atoms with Gasteiger partial charge in [-0.3, -0.25) is 4.79 Å². The van der Waals surface area contributed by atoms with Gasteiger partial charge in [-0.2, -0.15) is 0 Å². The van der Waals surface area contributed by atoms with E-state index < -0.39 is 147 Å². The molecule has 8 rings (SSSR count). The zero-order chi connectivity index (χ0) is 52.9. The summed E-state index contributed by atoms with van der Waals surface area (Å²) in [6, 6.07) is 5.07. The van der Waals surface area contributed by atoms with Crippen LogP contribution in [0, 0.1) is 0 Å². The van der Waals surface area contributed by atoms with E-state index in [0.29, 0.717) is 22.5 Å². The molecule has 25 nitrogen and oxygen atoms in total. The van der Waals surface area contributed by atoms with Gasteiger partial charge in [-0.25, -0.2) is 0 Å². The standard InChI is InChI=1S/C48H68N8O17/c1-55(2)19-6-9-22-27(12-19)67-28-13-20(56(3)4)7-10-23(28)32(22)21-8-5-18(11-24(21)45(65)66)44(64)54-16-30-37(60)39(62)34(53)47(69-30)72-42-31(17-57)70-48(40(42)63)73-43-35(58)25(50)14-26(51)41(43)71-46-33(52)38(61)36(59)29(15-49)68-46/h5-13,25-27,29-31,33-43,46-48,57-63H,14-17,49-53H2,1-4H3,(H,54,64)(H,65,66)/p-1/t25-,26+,27?,29-,30+,31-,33-,34-,35+,36-,37-,38-,39-,40-,41-,42-,43-,46-,47-,48+/m1/s1. The van der Waals surface area contributed by atoms with E-state index in [-0.39, 0.29) is 29.7 Å². The quantitative estimate of drug-likeness (QED) is 0.0789. The molecule has 25 heteroatoms. The molecule has 18 N–H and O–H groups in total. The number of rotatable bonds is 15. The molecule has 6 aliphatic rings. The first-order chi connectivity index (χ1) is 34.6. The summed E-state index contributed by atoms with van der Waals surface area (Å²) < 4.78 is 42.2. The molecule has 1 saturated carbocycles. The molecule has 0 spiro atoms. The highest BCUT2D eigenvalue weighted by atomic mass is 16.8. The third-order valence-electron chi connectivity index (χ3n) is 14.2. The van der Waals surface area contributed by atoms with E-state index in [1.165, 1.54) is 18.2 Å². The highest BCUT2D eigenvalue weighted by Crippen LogP contribution is 2.45. The van der Waals surface area contributed by atoms with Crippen molar-refractivity contribution < 1.29 is 83.6 Å². The molecule has 4 fully saturated rings. The van der Waals surface area contributed by atoms with E-state index in [2.05, 4.69) is 5.32 Å². The number of aromatic carboxylic acids is 1. The molecule has 4 heterocycles. The van der Waals surface area contributed by atoms with Gasteiger partial charge in [0.1, 0.15) is 79.0 Å². The first-order valence-electron chi connectivity index (χ1n) is 23.9. The topological polar surface area (TPSA) is 412 Å². The van der Waals surface area contributed by atoms with E-state index in [9.17, 15) is 50.4 Å². The summed E-state index contributed by atoms with van der Waals surface area (Å²) in [5.41, 5.74) is 34.3. The second-order valence-electron chi connectivity index (χ2n) is 19.5. The number of carbonyl (C=O) groups is 2. The molecule has 0 aromatic heterocycles. The van der Waals surface area contributed by atoms with Crippen molar-refractivity contribution >= 4 is 23.1 Å². The minimum atomic E-state index is -1.77. The summed E-state index contributed by atoms with van der Waals surface area (Å²) in [5.74, 6) is -1.81. The van der Waals surface area contributed by atoms with Gasteiger partial charge in [0.25, 0.3) is 5.91 Å². The number of allylic oxidation sites excluding steroid dienone is 1. The first kappa shape index (κ1) is 54.5. The molecule has 1 unspecified atom stereocenters. The van der Waals surface area contributed by atoms with E-state index in [0.717, 1.165) is 11.4 Å². The van der Waals surface area contributed by atoms with Crippen molar-refractivity contribution in [3.05, 3.63) is 88.2 Å². The molecule has 2 aromatic rings. The van der Waals surface area contributed by atoms with Crippen molar-refractivity contribution in [2.24, 2.45) is 28.7 Å². The fraction of sp³-hybridized carbons (Fsp3) is 0.583. The van der Waals surface area contributed by atoms with Crippen LogP contribution < -0.4 is 48.7 Å². The van der Waals surface area contributed by atoms with Crippen LogP contribution in [0.5, 0.6) is 5.75 Å². The van der Waals surface area contributed by atoms with Crippen molar-refractivity contribution in [2.45, 2.75) is 129 Å². The Bertz CT molecular complexity index is 2430. The van der Waals surface area contributed by atoms with Crippen molar-refractivity contribution in [1.82, 2.24) is 10.2 Å². The lowest BCUT2D eigenvalue weighted by Gasteiger charge is -2.47. The predicted octanol–water partition coefficient (Wildman–Crippen LogP) is -6.42. The Labute approximate surface area is 420 Å². The molecule has 0 radical (unpaired) electrons. The van der Waals surface area contributed by atoms with E-state index in [1.807, 2.05) is 74.4 Å². The molecular formula is C48H67N8O17-. The van der Waals surface area contributed by atoms with E-state index >= 15 is 0 Å². The lowest BCUT2D eigenvalue weighted by molar-refractivity contribution is -0.306. The maximum absolute atomic E-state index is 13.8. The Morgan fingerprint density at radius 1 is 0.712 bits per heavy atom. The number of hydrogen-bond acceptors (Lipinski definition) is 24. The molecular weight excluding hydrogens is 961 g/mol. The minimum Gasteiger partial charge on any atom is -0.545 e. The Morgan fingerprint density at radius 3 is 1.96 bits per heavy atom. The number of nitrogens with zero attached hydrogens (tertiary/aromatic N) is 2. The molecule has 73 heavy (non-hydrogen) atoms. The van der Waals surface area contributed by atoms with Crippen molar-refractivity contribution in [3.63, 3.8) is 0 Å². The summed E-state index contributed by atoms with van der Waals surface area (Å²) in [6.07, 6.45) is -17.2. The van der Waals surface area contributed by atoms with E-state index in [1.54, 1.807) is 0 Å². The van der Waals surface area contributed by atoms with Crippen LogP contribution in [0.1, 0.15) is 38.3 Å². The second-order valence-corrected chi connectivity index (χ2v) is 19.5. The molecule has 0 bridgehead atoms. The third-order valence-corrected chi connectivity index (χ3v) is 14.2. The number of ether oxygens (including phenoxy) is 7. The Kier molecular flexibility index (Phi) is 16.6. The Hall–Kier alpha value is -4.72. The maximum atomic E-state index is 13.8. The summed E-state index contributed by atoms with van der Waals surface area (Å²) >= 11 is 0. The van der Waals surface area contributed by atoms with Crippen LogP contribution in [-0.2, 0) is 28.4 Å². The van der Waals surface area contributed by atoms with Gasteiger partial charge in [0.05, 0.1) is 30.8 Å². The van der Waals surface area contributed by atoms with E-state index in [4.69, 9.17) is 61.8 Å². The molecule has 2 aliphatic carbocycles. The largest absolute Gasteiger partial charge is 0.545 e. The van der Waals surface area contributed by atoms with Crippen LogP contribution in [0.4, 0.5) is 5.69 Å². The highest BCUT2D eigenvalue weighted by molar-refractivity contribution is 6.03. The number of likely N-dealkylation sites (N-methyl/N-ethyl adjacent to an activating group) is 1. The van der Waals surface area contributed by atoms with Crippen molar-refractivity contribution in [1.29, 1.82) is 0 Å². The first-order valence-corrected chi connectivity index (χ1v) is 23.9. The van der Waals surface area contributed by atoms with Crippen molar-refractivity contribution in [2.75, 3.05) is 52.8 Å². The molecule has 3 saturated heterocycles. The highest BCUT2D eigenvalue weighted by Gasteiger charge is 2.54. The number of fused-ring (bicyclic) bond motifs is 2. The average Bonchev–Trinajstić information content (AvgIpc) is 3.66. The van der Waals surface area contributed by atoms with Gasteiger partial charge in [0.15, 0.2) is 18.9 Å². The van der Waals surface area contributed by atoms with Crippen LogP contribution in [0.2, 0.25) is 0 Å². The molecule has 4 aliphatic heterocycles. The smallest absolute Gasteiger partial charge is 0.251 e. The number of nitrogens with one attached hydrogen (secondary N) is 1. The normalized spacial score (nSPS) is 38.2. The fourth-order valence-corrected chi connectivity index (χ4v) is 9.96. The van der Waals surface area contributed by atoms with Gasteiger partial charge >= 0.3 is 0 Å². The number of carbonyl (C=O) groups excluding carboxylic acids is 2. The number of nitrogens with two attached hydrogens (primary N) is 5. The molecule has 2 aromatic carbocycles. The monoisotopic (exact) mass is 1030 g/mol. The van der Waals surface area contributed by atoms with Crippen LogP contribution >= 0.6 is 0 Å². The lowest BCUT2D eigenvalue weighted by atomic mass is 9.83. The van der Waals surface area contributed by atoms with Gasteiger partial charge in [0.2, 0.25) is 0 Å². The van der Waals surface area contributed by atoms with Gasteiger partial charge < -0.3 is 123 Å². The Morgan fingerprint density at radius 2 is 1.33 bits per heavy atom. The van der Waals surface area contributed by atoms with Crippen LogP contribution in [0.15, 0.2) is 65.9 Å². The average molecular weight is 1030 g/mol. The fourth-order valence-electron chi connectivity index (χ4n) is 9.96. The molecule has 402 valence electrons. The number of carboxylic acid groups (broad SMARTS) is 1. The number of amides is 1. The minimum absolute atomic E-state index is 0.0238. The summed E-state index contributed by atoms with van der Waals surface area (Å²) in [4.78, 5) is 30.5. The number of aliphatic hydroxyl groups excluding tert-OH is 7. The predicted molar refractivity (Wildman–Crippen MR) is 255 cm³/mol. The van der Waals surface area contributed by atoms with Crippen molar-refractivity contribution in [3.8, 4) is 5.75 Å². The van der Waals surface area contributed by atoms with Gasteiger partial charge in [-0.05, 0) is 48.4 Å². The number of benzene rings is 2. The third kappa shape index (κ3) is 10.8. The number of hydrogen-bond donors (Lipinski definition) is 13. The zero-order valence-electron chi connectivity index (χ0n) is 40.6. The second kappa shape index (κ2) is 22.2. The van der Waals surface area contributed by atoms with Crippen LogP contribution in [0.25, 0.3) is 5.57 Å². The summed E-state index contributed by atoms with van der Waals surface area (Å²) in [5, 5.41) is 91.8. The van der Waals surface area contributed by atoms with Crippen LogP contribution in [-0.4, -0.2) is 223 Å². The number of aliphatic hydroxyl groups is 7. The molecule has 1 amide bonds. The zero-order valence-corrected chi connectivity index (χ0v) is 40.6. The van der Waals surface area contributed by atoms with Gasteiger partial charge in [-0.1, -0.05) is 12.1 Å². The number of carboxylic acids is 1. The lowest BCUT2D eigenvalue weighted by Crippen LogP contribution is -2.68. The van der Waals surface area contributed by atoms with Gasteiger partial charge in [-0.15, -0.1) is 0 Å². The SMILES string of the molecule is CN(C)C1=CC2Oc3cc(N(C)C)ccc3C(c3ccc(C(=O)NC[C@@H]4O[C@H](O[C@H]5[C@@H](O)[C@H](O[C@@H]6[C@@H](O)[C@H](N)C[C@H](N)[C@H]6O[C@H]6O[C@H](CN)[C@@H](O)[C@H](O)[C@H]6N)O[C@@H]5CO)[C@H](N)[C@@H](O)[C@@H]4O)cc3C(=O)[O-])=C2C=C1. The van der Waals surface area contributed by atoms with Gasteiger partial charge in [0, 0.05) is 98.7 Å².